The Labute approximate surface area is 155 Å². The molecule has 2 aromatic rings. The number of H-pyrrole nitrogens is 1. The SMILES string of the molecule is Cc1cn([C@@H]2CN(C(=O)C=Cc3cnn(C)c3)CC[C@@]2(C)O)c(=O)[nH]c1=O. The van der Waals surface area contributed by atoms with E-state index in [1.807, 2.05) is 0 Å². The molecule has 2 aromatic heterocycles. The van der Waals surface area contributed by atoms with Gasteiger partial charge in [0, 0.05) is 49.7 Å². The van der Waals surface area contributed by atoms with E-state index < -0.39 is 22.9 Å². The maximum absolute atomic E-state index is 12.6. The zero-order valence-electron chi connectivity index (χ0n) is 15.5. The first-order chi connectivity index (χ1) is 12.7. The number of likely N-dealkylation sites (tertiary alicyclic amines) is 1. The van der Waals surface area contributed by atoms with Gasteiger partial charge in [0.15, 0.2) is 0 Å². The van der Waals surface area contributed by atoms with Gasteiger partial charge in [-0.3, -0.25) is 23.8 Å². The van der Waals surface area contributed by atoms with Crippen LogP contribution in [-0.2, 0) is 11.8 Å². The molecule has 2 atom stereocenters. The normalized spacial score (nSPS) is 23.1. The Bertz CT molecular complexity index is 998. The number of aromatic nitrogens is 4. The zero-order chi connectivity index (χ0) is 19.8. The van der Waals surface area contributed by atoms with Crippen LogP contribution in [0.5, 0.6) is 0 Å². The van der Waals surface area contributed by atoms with Crippen LogP contribution in [-0.4, -0.2) is 53.9 Å². The molecule has 27 heavy (non-hydrogen) atoms. The fourth-order valence-electron chi connectivity index (χ4n) is 3.23. The van der Waals surface area contributed by atoms with Crippen LogP contribution in [0.15, 0.2) is 34.3 Å². The van der Waals surface area contributed by atoms with Gasteiger partial charge in [-0.05, 0) is 26.3 Å². The Hall–Kier alpha value is -2.94. The number of aliphatic hydroxyl groups is 1. The van der Waals surface area contributed by atoms with Crippen molar-refractivity contribution in [1.82, 2.24) is 24.2 Å². The molecular formula is C18H23N5O4. The van der Waals surface area contributed by atoms with E-state index in [1.54, 1.807) is 48.9 Å². The molecule has 9 heteroatoms. The van der Waals surface area contributed by atoms with Crippen molar-refractivity contribution in [2.24, 2.45) is 7.05 Å². The van der Waals surface area contributed by atoms with Crippen molar-refractivity contribution in [1.29, 1.82) is 0 Å². The van der Waals surface area contributed by atoms with Crippen molar-refractivity contribution in [2.45, 2.75) is 31.9 Å². The predicted octanol–water partition coefficient (Wildman–Crippen LogP) is -0.184. The average molecular weight is 373 g/mol. The standard InChI is InChI=1S/C18H23N5O4/c1-12-9-23(17(26)20-16(12)25)14-11-22(7-6-18(14,2)27)15(24)5-4-13-8-19-21(3)10-13/h4-5,8-10,14,27H,6-7,11H2,1-3H3,(H,20,25,26)/t14-,18-/m1/s1. The quantitative estimate of drug-likeness (QED) is 0.725. The van der Waals surface area contributed by atoms with Gasteiger partial charge in [-0.15, -0.1) is 0 Å². The van der Waals surface area contributed by atoms with Crippen LogP contribution < -0.4 is 11.2 Å². The van der Waals surface area contributed by atoms with Gasteiger partial charge in [-0.1, -0.05) is 0 Å². The zero-order valence-corrected chi connectivity index (χ0v) is 15.5. The number of nitrogens with one attached hydrogen (secondary N) is 1. The van der Waals surface area contributed by atoms with E-state index in [0.29, 0.717) is 18.5 Å². The van der Waals surface area contributed by atoms with Crippen molar-refractivity contribution >= 4 is 12.0 Å². The van der Waals surface area contributed by atoms with Gasteiger partial charge in [0.25, 0.3) is 5.56 Å². The molecule has 144 valence electrons. The van der Waals surface area contributed by atoms with Gasteiger partial charge < -0.3 is 10.0 Å². The molecule has 3 rings (SSSR count). The van der Waals surface area contributed by atoms with E-state index in [1.165, 1.54) is 16.8 Å². The number of carbonyl (C=O) groups excluding carboxylic acids is 1. The minimum Gasteiger partial charge on any atom is -0.388 e. The Kier molecular flexibility index (Phi) is 4.88. The minimum absolute atomic E-state index is 0.161. The minimum atomic E-state index is -1.18. The van der Waals surface area contributed by atoms with Crippen LogP contribution in [0, 0.1) is 6.92 Å². The number of aryl methyl sites for hydroxylation is 2. The van der Waals surface area contributed by atoms with E-state index in [2.05, 4.69) is 10.1 Å². The van der Waals surface area contributed by atoms with Gasteiger partial charge in [-0.25, -0.2) is 4.79 Å². The third-order valence-corrected chi connectivity index (χ3v) is 4.94. The molecule has 0 bridgehead atoms. The summed E-state index contributed by atoms with van der Waals surface area (Å²) in [5.41, 5.74) is -1.07. The Morgan fingerprint density at radius 3 is 2.81 bits per heavy atom. The van der Waals surface area contributed by atoms with E-state index in [-0.39, 0.29) is 12.5 Å². The summed E-state index contributed by atoms with van der Waals surface area (Å²) in [4.78, 5) is 40.2. The van der Waals surface area contributed by atoms with Crippen LogP contribution in [0.1, 0.15) is 30.5 Å². The topological polar surface area (TPSA) is 113 Å². The fraction of sp³-hybridized carbons (Fsp3) is 0.444. The van der Waals surface area contributed by atoms with Gasteiger partial charge in [-0.2, -0.15) is 5.10 Å². The number of hydrogen-bond donors (Lipinski definition) is 2. The molecule has 0 saturated carbocycles. The van der Waals surface area contributed by atoms with Crippen molar-refractivity contribution in [3.05, 3.63) is 56.6 Å². The second kappa shape index (κ2) is 6.99. The van der Waals surface area contributed by atoms with E-state index in [4.69, 9.17) is 0 Å². The lowest BCUT2D eigenvalue weighted by atomic mass is 9.88. The van der Waals surface area contributed by atoms with Gasteiger partial charge in [0.1, 0.15) is 0 Å². The first-order valence-corrected chi connectivity index (χ1v) is 8.67. The van der Waals surface area contributed by atoms with Crippen LogP contribution in [0.3, 0.4) is 0 Å². The lowest BCUT2D eigenvalue weighted by Gasteiger charge is -2.43. The maximum Gasteiger partial charge on any atom is 0.328 e. The first kappa shape index (κ1) is 18.8. The third kappa shape index (κ3) is 3.92. The summed E-state index contributed by atoms with van der Waals surface area (Å²) in [6, 6.07) is -0.662. The predicted molar refractivity (Wildman–Crippen MR) is 99.2 cm³/mol. The number of nitrogens with zero attached hydrogens (tertiary/aromatic N) is 4. The molecule has 2 N–H and O–H groups in total. The smallest absolute Gasteiger partial charge is 0.328 e. The number of carbonyl (C=O) groups is 1. The lowest BCUT2D eigenvalue weighted by Crippen LogP contribution is -2.54. The molecule has 9 nitrogen and oxygen atoms in total. The van der Waals surface area contributed by atoms with Crippen LogP contribution in [0.2, 0.25) is 0 Å². The van der Waals surface area contributed by atoms with Crippen molar-refractivity contribution in [2.75, 3.05) is 13.1 Å². The highest BCUT2D eigenvalue weighted by Gasteiger charge is 2.40. The molecule has 3 heterocycles. The number of piperidine rings is 1. The lowest BCUT2D eigenvalue weighted by molar-refractivity contribution is -0.132. The molecule has 0 aromatic carbocycles. The number of rotatable bonds is 3. The maximum atomic E-state index is 12.6. The molecular weight excluding hydrogens is 350 g/mol. The summed E-state index contributed by atoms with van der Waals surface area (Å²) in [5, 5.41) is 14.8. The number of hydrogen-bond acceptors (Lipinski definition) is 5. The molecule has 1 saturated heterocycles. The molecule has 1 amide bonds. The fourth-order valence-corrected chi connectivity index (χ4v) is 3.23. The van der Waals surface area contributed by atoms with Gasteiger partial charge >= 0.3 is 5.69 Å². The second-order valence-corrected chi connectivity index (χ2v) is 7.17. The summed E-state index contributed by atoms with van der Waals surface area (Å²) in [6.07, 6.45) is 8.31. The summed E-state index contributed by atoms with van der Waals surface area (Å²) in [5.74, 6) is -0.214. The monoisotopic (exact) mass is 373 g/mol. The average Bonchev–Trinajstić information content (AvgIpc) is 3.01. The van der Waals surface area contributed by atoms with E-state index >= 15 is 0 Å². The summed E-state index contributed by atoms with van der Waals surface area (Å²) >= 11 is 0. The first-order valence-electron chi connectivity index (χ1n) is 8.67. The summed E-state index contributed by atoms with van der Waals surface area (Å²) in [7, 11) is 1.79. The molecule has 1 aliphatic rings. The molecule has 1 fully saturated rings. The van der Waals surface area contributed by atoms with Crippen molar-refractivity contribution in [3.63, 3.8) is 0 Å². The summed E-state index contributed by atoms with van der Waals surface area (Å²) in [6.45, 7) is 3.76. The molecule has 0 aliphatic carbocycles. The van der Waals surface area contributed by atoms with Crippen LogP contribution >= 0.6 is 0 Å². The Balaban J connectivity index is 1.84. The van der Waals surface area contributed by atoms with E-state index in [9.17, 15) is 19.5 Å². The van der Waals surface area contributed by atoms with Crippen LogP contribution in [0.4, 0.5) is 0 Å². The highest BCUT2D eigenvalue weighted by atomic mass is 16.3. The molecule has 1 aliphatic heterocycles. The molecule has 0 unspecified atom stereocenters. The molecule has 0 radical (unpaired) electrons. The van der Waals surface area contributed by atoms with Crippen molar-refractivity contribution in [3.8, 4) is 0 Å². The largest absolute Gasteiger partial charge is 0.388 e. The van der Waals surface area contributed by atoms with Crippen LogP contribution in [0.25, 0.3) is 6.08 Å². The van der Waals surface area contributed by atoms with E-state index in [0.717, 1.165) is 5.56 Å². The Morgan fingerprint density at radius 2 is 2.15 bits per heavy atom. The van der Waals surface area contributed by atoms with Gasteiger partial charge in [0.05, 0.1) is 17.8 Å². The second-order valence-electron chi connectivity index (χ2n) is 7.17. The highest BCUT2D eigenvalue weighted by Crippen LogP contribution is 2.30. The highest BCUT2D eigenvalue weighted by molar-refractivity contribution is 5.91. The molecule has 0 spiro atoms. The van der Waals surface area contributed by atoms with Crippen molar-refractivity contribution < 1.29 is 9.90 Å². The number of amides is 1. The summed E-state index contributed by atoms with van der Waals surface area (Å²) < 4.78 is 2.95. The van der Waals surface area contributed by atoms with Gasteiger partial charge in [0.2, 0.25) is 5.91 Å². The third-order valence-electron chi connectivity index (χ3n) is 4.94. The Morgan fingerprint density at radius 1 is 1.41 bits per heavy atom. The number of aromatic amines is 1.